The average molecular weight is 447 g/mol. The maximum Gasteiger partial charge on any atom is 0.295 e. The first-order valence-corrected chi connectivity index (χ1v) is 10.7. The first-order chi connectivity index (χ1) is 16.0. The van der Waals surface area contributed by atoms with Crippen LogP contribution in [0.25, 0.3) is 16.5 Å². The second-order valence-corrected chi connectivity index (χ2v) is 7.71. The summed E-state index contributed by atoms with van der Waals surface area (Å²) in [6, 6.07) is 16.8. The molecule has 1 aliphatic rings. The van der Waals surface area contributed by atoms with Crippen molar-refractivity contribution >= 4 is 28.2 Å². The number of hydrogen-bond acceptors (Lipinski definition) is 6. The van der Waals surface area contributed by atoms with Gasteiger partial charge < -0.3 is 24.6 Å². The lowest BCUT2D eigenvalue weighted by molar-refractivity contribution is -0.140. The minimum Gasteiger partial charge on any atom is -0.507 e. The molecule has 3 aromatic carbocycles. The second-order valence-electron chi connectivity index (χ2n) is 7.71. The van der Waals surface area contributed by atoms with Crippen molar-refractivity contribution in [3.05, 3.63) is 77.4 Å². The Labute approximate surface area is 191 Å². The summed E-state index contributed by atoms with van der Waals surface area (Å²) in [4.78, 5) is 27.4. The minimum absolute atomic E-state index is 0.0143. The van der Waals surface area contributed by atoms with E-state index in [9.17, 15) is 19.8 Å². The van der Waals surface area contributed by atoms with E-state index in [1.807, 2.05) is 30.3 Å². The van der Waals surface area contributed by atoms with Gasteiger partial charge in [0.1, 0.15) is 5.76 Å². The fraction of sp³-hybridized carbons (Fsp3) is 0.231. The monoisotopic (exact) mass is 447 g/mol. The third-order valence-electron chi connectivity index (χ3n) is 5.70. The number of carbonyl (C=O) groups is 2. The van der Waals surface area contributed by atoms with Gasteiger partial charge in [0.2, 0.25) is 0 Å². The lowest BCUT2D eigenvalue weighted by Gasteiger charge is -2.25. The molecule has 7 nitrogen and oxygen atoms in total. The topological polar surface area (TPSA) is 96.3 Å². The molecule has 0 bridgehead atoms. The number of aromatic hydroxyl groups is 1. The Balaban J connectivity index is 1.88. The molecule has 1 atom stereocenters. The molecule has 170 valence electrons. The van der Waals surface area contributed by atoms with Gasteiger partial charge in [-0.3, -0.25) is 9.59 Å². The van der Waals surface area contributed by atoms with Crippen molar-refractivity contribution in [1.82, 2.24) is 4.90 Å². The summed E-state index contributed by atoms with van der Waals surface area (Å²) in [5.41, 5.74) is 0.959. The van der Waals surface area contributed by atoms with Gasteiger partial charge in [-0.15, -0.1) is 0 Å². The van der Waals surface area contributed by atoms with Crippen LogP contribution in [0.5, 0.6) is 11.5 Å². The Morgan fingerprint density at radius 3 is 2.52 bits per heavy atom. The zero-order valence-electron chi connectivity index (χ0n) is 18.4. The van der Waals surface area contributed by atoms with Crippen molar-refractivity contribution in [3.63, 3.8) is 0 Å². The smallest absolute Gasteiger partial charge is 0.295 e. The number of rotatable bonds is 7. The predicted molar refractivity (Wildman–Crippen MR) is 124 cm³/mol. The molecule has 0 radical (unpaired) electrons. The molecule has 4 rings (SSSR count). The summed E-state index contributed by atoms with van der Waals surface area (Å²) in [6.07, 6.45) is 0. The van der Waals surface area contributed by atoms with E-state index in [1.54, 1.807) is 31.2 Å². The van der Waals surface area contributed by atoms with Crippen LogP contribution in [-0.4, -0.2) is 53.7 Å². The Hall–Kier alpha value is -3.84. The number of likely N-dealkylation sites (tertiary alicyclic amines) is 1. The van der Waals surface area contributed by atoms with Gasteiger partial charge in [0, 0.05) is 19.2 Å². The van der Waals surface area contributed by atoms with Gasteiger partial charge in [-0.1, -0.05) is 42.5 Å². The molecule has 2 N–H and O–H groups in total. The molecular weight excluding hydrogens is 422 g/mol. The Morgan fingerprint density at radius 1 is 1.03 bits per heavy atom. The number of aliphatic hydroxyl groups is 1. The Kier molecular flexibility index (Phi) is 6.33. The van der Waals surface area contributed by atoms with Crippen molar-refractivity contribution in [2.75, 3.05) is 26.9 Å². The van der Waals surface area contributed by atoms with Crippen LogP contribution in [-0.2, 0) is 14.3 Å². The van der Waals surface area contributed by atoms with Crippen LogP contribution in [0.1, 0.15) is 24.1 Å². The average Bonchev–Trinajstić information content (AvgIpc) is 3.08. The van der Waals surface area contributed by atoms with Crippen molar-refractivity contribution in [2.45, 2.75) is 13.0 Å². The van der Waals surface area contributed by atoms with Crippen LogP contribution >= 0.6 is 0 Å². The summed E-state index contributed by atoms with van der Waals surface area (Å²) in [7, 11) is 1.51. The number of Topliss-reactive ketones (excluding diaryl/α,β-unsaturated/α-hetero) is 1. The zero-order chi connectivity index (χ0) is 23.5. The Bertz CT molecular complexity index is 1250. The van der Waals surface area contributed by atoms with E-state index >= 15 is 0 Å². The molecule has 7 heteroatoms. The van der Waals surface area contributed by atoms with Crippen LogP contribution in [0.4, 0.5) is 0 Å². The fourth-order valence-corrected chi connectivity index (χ4v) is 4.11. The highest BCUT2D eigenvalue weighted by Crippen LogP contribution is 2.41. The van der Waals surface area contributed by atoms with Gasteiger partial charge in [0.25, 0.3) is 11.7 Å². The van der Waals surface area contributed by atoms with E-state index in [0.29, 0.717) is 17.7 Å². The van der Waals surface area contributed by atoms with Gasteiger partial charge >= 0.3 is 0 Å². The SMILES string of the molecule is CCOc1cc(C2/C(=C(\O)c3ccc4ccccc4c3)C(=O)C(=O)N2CCOC)ccc1O. The third-order valence-corrected chi connectivity index (χ3v) is 5.70. The number of amides is 1. The van der Waals surface area contributed by atoms with Crippen LogP contribution in [0.2, 0.25) is 0 Å². The number of carbonyl (C=O) groups excluding carboxylic acids is 2. The number of phenols is 1. The molecule has 1 saturated heterocycles. The quantitative estimate of drug-likeness (QED) is 0.323. The van der Waals surface area contributed by atoms with Gasteiger partial charge in [-0.2, -0.15) is 0 Å². The number of hydrogen-bond donors (Lipinski definition) is 2. The summed E-state index contributed by atoms with van der Waals surface area (Å²) < 4.78 is 10.6. The van der Waals surface area contributed by atoms with Gasteiger partial charge in [-0.05, 0) is 41.5 Å². The molecule has 0 aliphatic carbocycles. The highest BCUT2D eigenvalue weighted by atomic mass is 16.5. The van der Waals surface area contributed by atoms with Crippen molar-refractivity contribution < 1.29 is 29.3 Å². The number of ether oxygens (including phenoxy) is 2. The third kappa shape index (κ3) is 4.15. The van der Waals surface area contributed by atoms with Crippen LogP contribution in [0.15, 0.2) is 66.2 Å². The molecule has 1 unspecified atom stereocenters. The molecule has 0 spiro atoms. The minimum atomic E-state index is -0.855. The largest absolute Gasteiger partial charge is 0.507 e. The number of fused-ring (bicyclic) bond motifs is 1. The first-order valence-electron chi connectivity index (χ1n) is 10.7. The normalized spacial score (nSPS) is 17.6. The maximum absolute atomic E-state index is 13.1. The van der Waals surface area contributed by atoms with E-state index in [2.05, 4.69) is 0 Å². The summed E-state index contributed by atoms with van der Waals surface area (Å²) >= 11 is 0. The molecule has 1 aliphatic heterocycles. The van der Waals surface area contributed by atoms with Gasteiger partial charge in [0.05, 0.1) is 24.8 Å². The Morgan fingerprint density at radius 2 is 1.79 bits per heavy atom. The van der Waals surface area contributed by atoms with Gasteiger partial charge in [-0.25, -0.2) is 0 Å². The van der Waals surface area contributed by atoms with E-state index in [0.717, 1.165) is 10.8 Å². The molecule has 3 aromatic rings. The predicted octanol–water partition coefficient (Wildman–Crippen LogP) is 4.01. The lowest BCUT2D eigenvalue weighted by atomic mass is 9.94. The zero-order valence-corrected chi connectivity index (χ0v) is 18.4. The van der Waals surface area contributed by atoms with Crippen molar-refractivity contribution in [1.29, 1.82) is 0 Å². The number of ketones is 1. The fourth-order valence-electron chi connectivity index (χ4n) is 4.11. The molecule has 33 heavy (non-hydrogen) atoms. The number of methoxy groups -OCH3 is 1. The molecule has 0 saturated carbocycles. The van der Waals surface area contributed by atoms with E-state index in [-0.39, 0.29) is 36.0 Å². The highest BCUT2D eigenvalue weighted by molar-refractivity contribution is 6.46. The van der Waals surface area contributed by atoms with Crippen molar-refractivity contribution in [2.24, 2.45) is 0 Å². The van der Waals surface area contributed by atoms with E-state index in [1.165, 1.54) is 18.1 Å². The highest BCUT2D eigenvalue weighted by Gasteiger charge is 2.46. The van der Waals surface area contributed by atoms with Gasteiger partial charge in [0.15, 0.2) is 11.5 Å². The molecule has 1 fully saturated rings. The standard InChI is InChI=1S/C26H25NO6/c1-3-33-21-15-18(10-11-20(21)28)23-22(25(30)26(31)27(23)12-13-32-2)24(29)19-9-8-16-6-4-5-7-17(16)14-19/h4-11,14-15,23,28-29H,3,12-13H2,1-2H3/b24-22+. The lowest BCUT2D eigenvalue weighted by Crippen LogP contribution is -2.32. The summed E-state index contributed by atoms with van der Waals surface area (Å²) in [6.45, 7) is 2.50. The number of benzene rings is 3. The van der Waals surface area contributed by atoms with Crippen LogP contribution in [0, 0.1) is 0 Å². The van der Waals surface area contributed by atoms with E-state index in [4.69, 9.17) is 9.47 Å². The second kappa shape index (κ2) is 9.34. The van der Waals surface area contributed by atoms with Crippen molar-refractivity contribution in [3.8, 4) is 11.5 Å². The summed E-state index contributed by atoms with van der Waals surface area (Å²) in [5.74, 6) is -1.56. The number of phenolic OH excluding ortho intramolecular Hbond substituents is 1. The number of aliphatic hydroxyl groups excluding tert-OH is 1. The maximum atomic E-state index is 13.1. The molecular formula is C26H25NO6. The molecule has 0 aromatic heterocycles. The summed E-state index contributed by atoms with van der Waals surface area (Å²) in [5, 5.41) is 23.2. The first kappa shape index (κ1) is 22.4. The number of nitrogens with zero attached hydrogens (tertiary/aromatic N) is 1. The van der Waals surface area contributed by atoms with Crippen LogP contribution in [0.3, 0.4) is 0 Å². The van der Waals surface area contributed by atoms with Crippen LogP contribution < -0.4 is 4.74 Å². The molecule has 1 amide bonds. The molecule has 1 heterocycles. The van der Waals surface area contributed by atoms with E-state index < -0.39 is 17.7 Å².